The number of fused-ring (bicyclic) bond motifs is 1. The van der Waals surface area contributed by atoms with E-state index in [1.807, 2.05) is 24.3 Å². The fourth-order valence-electron chi connectivity index (χ4n) is 4.89. The van der Waals surface area contributed by atoms with E-state index >= 15 is 0 Å². The lowest BCUT2D eigenvalue weighted by Gasteiger charge is -2.20. The van der Waals surface area contributed by atoms with E-state index in [-0.39, 0.29) is 5.92 Å². The van der Waals surface area contributed by atoms with E-state index in [1.165, 1.54) is 27.8 Å². The average Bonchev–Trinajstić information content (AvgIpc) is 3.23. The van der Waals surface area contributed by atoms with Crippen molar-refractivity contribution >= 4 is 34.2 Å². The van der Waals surface area contributed by atoms with Gasteiger partial charge in [-0.25, -0.2) is 4.98 Å². The zero-order chi connectivity index (χ0) is 24.4. The van der Waals surface area contributed by atoms with Crippen LogP contribution in [0.1, 0.15) is 53.8 Å². The number of rotatable bonds is 7. The Kier molecular flexibility index (Phi) is 6.95. The molecule has 0 bridgehead atoms. The third kappa shape index (κ3) is 5.00. The second-order valence-electron chi connectivity index (χ2n) is 9.09. The van der Waals surface area contributed by atoms with Gasteiger partial charge in [0.25, 0.3) is 0 Å². The van der Waals surface area contributed by atoms with Gasteiger partial charge in [-0.3, -0.25) is 0 Å². The summed E-state index contributed by atoms with van der Waals surface area (Å²) in [6.45, 7) is 5.35. The summed E-state index contributed by atoms with van der Waals surface area (Å²) in [4.78, 5) is 4.98. The van der Waals surface area contributed by atoms with Crippen LogP contribution < -0.4 is 0 Å². The molecule has 4 aromatic carbocycles. The zero-order valence-electron chi connectivity index (χ0n) is 20.0. The van der Waals surface area contributed by atoms with E-state index in [0.717, 1.165) is 34.4 Å². The van der Waals surface area contributed by atoms with E-state index in [9.17, 15) is 0 Å². The standard InChI is InChI=1S/C31H28Cl2N2/c1-3-30-34-28-18-13-25(19-29(28)35(30)20-21(2)22-7-5-4-6-8-22)31(23-9-14-26(32)15-10-23)24-11-16-27(33)17-12-24/h4-19,21,31H,3,20H2,1-2H3. The Morgan fingerprint density at radius 3 is 1.86 bits per heavy atom. The lowest BCUT2D eigenvalue weighted by atomic mass is 9.85. The molecule has 0 aliphatic heterocycles. The minimum Gasteiger partial charge on any atom is -0.327 e. The number of hydrogen-bond acceptors (Lipinski definition) is 1. The van der Waals surface area contributed by atoms with Crippen LogP contribution in [0.25, 0.3) is 11.0 Å². The van der Waals surface area contributed by atoms with Gasteiger partial charge < -0.3 is 4.57 Å². The maximum absolute atomic E-state index is 6.22. The van der Waals surface area contributed by atoms with Crippen molar-refractivity contribution in [3.63, 3.8) is 0 Å². The molecule has 5 aromatic rings. The van der Waals surface area contributed by atoms with Gasteiger partial charge in [0.1, 0.15) is 5.82 Å². The summed E-state index contributed by atoms with van der Waals surface area (Å²) in [5, 5.41) is 1.47. The molecule has 0 saturated carbocycles. The van der Waals surface area contributed by atoms with Gasteiger partial charge in [-0.05, 0) is 64.6 Å². The molecule has 0 spiro atoms. The van der Waals surface area contributed by atoms with Gasteiger partial charge >= 0.3 is 0 Å². The molecule has 0 fully saturated rings. The summed E-state index contributed by atoms with van der Waals surface area (Å²) < 4.78 is 2.40. The first-order valence-corrected chi connectivity index (χ1v) is 12.8. The van der Waals surface area contributed by atoms with Crippen molar-refractivity contribution in [1.82, 2.24) is 9.55 Å². The smallest absolute Gasteiger partial charge is 0.109 e. The Morgan fingerprint density at radius 2 is 1.29 bits per heavy atom. The topological polar surface area (TPSA) is 17.8 Å². The number of nitrogens with zero attached hydrogens (tertiary/aromatic N) is 2. The van der Waals surface area contributed by atoms with Crippen LogP contribution >= 0.6 is 23.2 Å². The Labute approximate surface area is 217 Å². The summed E-state index contributed by atoms with van der Waals surface area (Å²) in [6, 6.07) is 33.6. The number of hydrogen-bond donors (Lipinski definition) is 0. The molecule has 0 N–H and O–H groups in total. The maximum atomic E-state index is 6.22. The highest BCUT2D eigenvalue weighted by molar-refractivity contribution is 6.30. The van der Waals surface area contributed by atoms with Gasteiger partial charge in [0, 0.05) is 28.9 Å². The van der Waals surface area contributed by atoms with Crippen LogP contribution in [0.2, 0.25) is 10.0 Å². The SMILES string of the molecule is CCc1nc2ccc(C(c3ccc(Cl)cc3)c3ccc(Cl)cc3)cc2n1CC(C)c1ccccc1. The average molecular weight is 499 g/mol. The van der Waals surface area contributed by atoms with E-state index in [1.54, 1.807) is 0 Å². The van der Waals surface area contributed by atoms with Crippen LogP contribution in [0.4, 0.5) is 0 Å². The summed E-state index contributed by atoms with van der Waals surface area (Å²) in [5.74, 6) is 1.56. The normalized spacial score (nSPS) is 12.4. The first kappa shape index (κ1) is 23.7. The summed E-state index contributed by atoms with van der Waals surface area (Å²) in [7, 11) is 0. The van der Waals surface area contributed by atoms with Gasteiger partial charge in [-0.1, -0.05) is 97.7 Å². The molecule has 0 radical (unpaired) electrons. The molecular weight excluding hydrogens is 471 g/mol. The molecule has 1 atom stereocenters. The van der Waals surface area contributed by atoms with Crippen LogP contribution in [0.5, 0.6) is 0 Å². The van der Waals surface area contributed by atoms with Crippen LogP contribution in [0.15, 0.2) is 97.1 Å². The van der Waals surface area contributed by atoms with Crippen molar-refractivity contribution < 1.29 is 0 Å². The molecule has 176 valence electrons. The summed E-state index contributed by atoms with van der Waals surface area (Å²) in [5.41, 5.74) is 7.16. The molecule has 1 aromatic heterocycles. The minimum absolute atomic E-state index is 0.0638. The predicted octanol–water partition coefficient (Wildman–Crippen LogP) is 8.89. The number of aryl methyl sites for hydroxylation is 1. The minimum atomic E-state index is 0.0638. The van der Waals surface area contributed by atoms with Gasteiger partial charge in [-0.15, -0.1) is 0 Å². The highest BCUT2D eigenvalue weighted by Gasteiger charge is 2.20. The first-order valence-electron chi connectivity index (χ1n) is 12.1. The molecule has 1 heterocycles. The third-order valence-electron chi connectivity index (χ3n) is 6.73. The number of aromatic nitrogens is 2. The molecule has 0 aliphatic carbocycles. The second-order valence-corrected chi connectivity index (χ2v) is 9.96. The quantitative estimate of drug-likeness (QED) is 0.205. The first-order chi connectivity index (χ1) is 17.0. The molecule has 2 nitrogen and oxygen atoms in total. The van der Waals surface area contributed by atoms with E-state index in [0.29, 0.717) is 5.92 Å². The number of halogens is 2. The Balaban J connectivity index is 1.62. The largest absolute Gasteiger partial charge is 0.327 e. The van der Waals surface area contributed by atoms with Crippen molar-refractivity contribution in [2.24, 2.45) is 0 Å². The molecule has 4 heteroatoms. The fourth-order valence-corrected chi connectivity index (χ4v) is 5.14. The van der Waals surface area contributed by atoms with Gasteiger partial charge in [0.2, 0.25) is 0 Å². The molecular formula is C31H28Cl2N2. The van der Waals surface area contributed by atoms with Crippen LogP contribution in [-0.2, 0) is 13.0 Å². The van der Waals surface area contributed by atoms with Crippen molar-refractivity contribution in [2.45, 2.75) is 38.6 Å². The monoisotopic (exact) mass is 498 g/mol. The lowest BCUT2D eigenvalue weighted by molar-refractivity contribution is 0.588. The molecule has 0 amide bonds. The molecule has 1 unspecified atom stereocenters. The van der Waals surface area contributed by atoms with Gasteiger partial charge in [0.05, 0.1) is 11.0 Å². The van der Waals surface area contributed by atoms with E-state index in [4.69, 9.17) is 28.2 Å². The summed E-state index contributed by atoms with van der Waals surface area (Å²) in [6.07, 6.45) is 0.892. The fraction of sp³-hybridized carbons (Fsp3) is 0.194. The van der Waals surface area contributed by atoms with Crippen LogP contribution in [0.3, 0.4) is 0 Å². The highest BCUT2D eigenvalue weighted by atomic mass is 35.5. The molecule has 35 heavy (non-hydrogen) atoms. The zero-order valence-corrected chi connectivity index (χ0v) is 21.5. The Morgan fingerprint density at radius 1 is 0.714 bits per heavy atom. The second kappa shape index (κ2) is 10.3. The predicted molar refractivity (Wildman–Crippen MR) is 148 cm³/mol. The van der Waals surface area contributed by atoms with Crippen molar-refractivity contribution in [2.75, 3.05) is 0 Å². The maximum Gasteiger partial charge on any atom is 0.109 e. The van der Waals surface area contributed by atoms with Crippen LogP contribution in [-0.4, -0.2) is 9.55 Å². The Bertz CT molecular complexity index is 1380. The lowest BCUT2D eigenvalue weighted by Crippen LogP contribution is -2.10. The number of imidazole rings is 1. The number of benzene rings is 4. The van der Waals surface area contributed by atoms with Gasteiger partial charge in [0.15, 0.2) is 0 Å². The van der Waals surface area contributed by atoms with Crippen molar-refractivity contribution in [3.8, 4) is 0 Å². The van der Waals surface area contributed by atoms with E-state index < -0.39 is 0 Å². The molecule has 0 saturated heterocycles. The molecule has 5 rings (SSSR count). The van der Waals surface area contributed by atoms with Gasteiger partial charge in [-0.2, -0.15) is 0 Å². The summed E-state index contributed by atoms with van der Waals surface area (Å²) >= 11 is 12.4. The van der Waals surface area contributed by atoms with Crippen LogP contribution in [0, 0.1) is 0 Å². The van der Waals surface area contributed by atoms with E-state index in [2.05, 4.69) is 91.2 Å². The van der Waals surface area contributed by atoms with Crippen molar-refractivity contribution in [1.29, 1.82) is 0 Å². The third-order valence-corrected chi connectivity index (χ3v) is 7.24. The van der Waals surface area contributed by atoms with Crippen molar-refractivity contribution in [3.05, 3.63) is 135 Å². The highest BCUT2D eigenvalue weighted by Crippen LogP contribution is 2.35. The Hall–Kier alpha value is -3.07. The molecule has 0 aliphatic rings.